The number of aliphatic carboxylic acids is 1. The summed E-state index contributed by atoms with van der Waals surface area (Å²) in [7, 11) is 1.57. The predicted octanol–water partition coefficient (Wildman–Crippen LogP) is 3.45. The van der Waals surface area contributed by atoms with Gasteiger partial charge in [-0.3, -0.25) is 9.59 Å². The van der Waals surface area contributed by atoms with Gasteiger partial charge in [0.25, 0.3) is 0 Å². The summed E-state index contributed by atoms with van der Waals surface area (Å²) in [6.45, 7) is 0.792. The lowest BCUT2D eigenvalue weighted by molar-refractivity contribution is -0.138. The summed E-state index contributed by atoms with van der Waals surface area (Å²) in [5.41, 5.74) is 1.93. The van der Waals surface area contributed by atoms with E-state index in [1.807, 2.05) is 36.4 Å². The lowest BCUT2D eigenvalue weighted by Crippen LogP contribution is -2.26. The fraction of sp³-hybridized carbons (Fsp3) is 0.300. The fourth-order valence-corrected chi connectivity index (χ4v) is 2.64. The molecule has 0 aromatic heterocycles. The van der Waals surface area contributed by atoms with Gasteiger partial charge in [-0.15, -0.1) is 0 Å². The van der Waals surface area contributed by atoms with E-state index in [4.69, 9.17) is 26.2 Å². The quantitative estimate of drug-likeness (QED) is 0.648. The van der Waals surface area contributed by atoms with Gasteiger partial charge in [0.1, 0.15) is 6.61 Å². The van der Waals surface area contributed by atoms with E-state index in [0.717, 1.165) is 11.1 Å². The van der Waals surface area contributed by atoms with Gasteiger partial charge in [-0.05, 0) is 41.8 Å². The number of carboxylic acid groups (broad SMARTS) is 1. The maximum absolute atomic E-state index is 11.5. The minimum Gasteiger partial charge on any atom is -0.493 e. The highest BCUT2D eigenvalue weighted by atomic mass is 35.5. The number of carbonyl (C=O) groups excluding carboxylic acids is 1. The monoisotopic (exact) mass is 391 g/mol. The van der Waals surface area contributed by atoms with E-state index in [1.54, 1.807) is 13.2 Å². The molecule has 0 aliphatic carbocycles. The molecule has 0 fully saturated rings. The number of carbonyl (C=O) groups is 2. The molecule has 2 aromatic carbocycles. The molecule has 144 valence electrons. The van der Waals surface area contributed by atoms with Crippen molar-refractivity contribution in [3.8, 4) is 11.5 Å². The zero-order valence-corrected chi connectivity index (χ0v) is 15.8. The summed E-state index contributed by atoms with van der Waals surface area (Å²) in [6, 6.07) is 13.0. The fourth-order valence-electron chi connectivity index (χ4n) is 2.43. The molecule has 1 amide bonds. The first-order valence-electron chi connectivity index (χ1n) is 8.50. The van der Waals surface area contributed by atoms with Crippen molar-refractivity contribution < 1.29 is 24.2 Å². The number of methoxy groups -OCH3 is 1. The lowest BCUT2D eigenvalue weighted by atomic mass is 10.1. The van der Waals surface area contributed by atoms with Crippen molar-refractivity contribution in [2.75, 3.05) is 13.7 Å². The second-order valence-electron chi connectivity index (χ2n) is 5.90. The van der Waals surface area contributed by atoms with Gasteiger partial charge in [-0.1, -0.05) is 29.8 Å². The molecule has 7 heteroatoms. The predicted molar refractivity (Wildman–Crippen MR) is 102 cm³/mol. The van der Waals surface area contributed by atoms with Gasteiger partial charge >= 0.3 is 5.97 Å². The average Bonchev–Trinajstić information content (AvgIpc) is 2.65. The molecule has 27 heavy (non-hydrogen) atoms. The Balaban J connectivity index is 1.87. The van der Waals surface area contributed by atoms with Crippen LogP contribution in [0.2, 0.25) is 5.02 Å². The third-order valence-corrected chi connectivity index (χ3v) is 4.05. The molecule has 2 rings (SSSR count). The normalized spacial score (nSPS) is 10.3. The van der Waals surface area contributed by atoms with Gasteiger partial charge in [-0.25, -0.2) is 0 Å². The molecule has 0 atom stereocenters. The van der Waals surface area contributed by atoms with Crippen molar-refractivity contribution in [2.45, 2.75) is 25.9 Å². The summed E-state index contributed by atoms with van der Waals surface area (Å²) < 4.78 is 11.2. The molecule has 6 nitrogen and oxygen atoms in total. The third-order valence-electron chi connectivity index (χ3n) is 3.81. The summed E-state index contributed by atoms with van der Waals surface area (Å²) >= 11 is 5.97. The van der Waals surface area contributed by atoms with E-state index in [1.165, 1.54) is 0 Å². The van der Waals surface area contributed by atoms with Crippen molar-refractivity contribution in [1.82, 2.24) is 5.32 Å². The maximum atomic E-state index is 11.5. The summed E-state index contributed by atoms with van der Waals surface area (Å²) in [5.74, 6) is -0.0347. The van der Waals surface area contributed by atoms with Crippen LogP contribution in [0.5, 0.6) is 11.5 Å². The van der Waals surface area contributed by atoms with E-state index in [-0.39, 0.29) is 18.7 Å². The lowest BCUT2D eigenvalue weighted by Gasteiger charge is -2.13. The van der Waals surface area contributed by atoms with E-state index < -0.39 is 5.97 Å². The van der Waals surface area contributed by atoms with Crippen LogP contribution in [0.1, 0.15) is 24.0 Å². The Labute approximate surface area is 163 Å². The molecule has 0 aliphatic rings. The average molecular weight is 392 g/mol. The van der Waals surface area contributed by atoms with Crippen LogP contribution in [-0.2, 0) is 22.6 Å². The van der Waals surface area contributed by atoms with Gasteiger partial charge in [0.05, 0.1) is 13.5 Å². The van der Waals surface area contributed by atoms with Crippen molar-refractivity contribution in [3.05, 3.63) is 58.6 Å². The second kappa shape index (κ2) is 10.4. The van der Waals surface area contributed by atoms with Crippen LogP contribution in [0.3, 0.4) is 0 Å². The largest absolute Gasteiger partial charge is 0.493 e. The molecule has 0 aliphatic heterocycles. The first kappa shape index (κ1) is 20.6. The first-order chi connectivity index (χ1) is 13.0. The standard InChI is InChI=1S/C20H22ClNO5/c1-26-18-12-14(9-10-22-19(23)7-8-20(24)25)5-6-17(18)27-13-15-3-2-4-16(21)11-15/h2-6,11-12H,7-10,13H2,1H3,(H,22,23)(H,24,25). The highest BCUT2D eigenvalue weighted by Crippen LogP contribution is 2.29. The van der Waals surface area contributed by atoms with Gasteiger partial charge in [-0.2, -0.15) is 0 Å². The smallest absolute Gasteiger partial charge is 0.303 e. The summed E-state index contributed by atoms with van der Waals surface area (Å²) in [6.07, 6.45) is 0.414. The van der Waals surface area contributed by atoms with E-state index >= 15 is 0 Å². The van der Waals surface area contributed by atoms with Crippen LogP contribution < -0.4 is 14.8 Å². The molecule has 2 N–H and O–H groups in total. The minimum atomic E-state index is -0.983. The number of ether oxygens (including phenoxy) is 2. The van der Waals surface area contributed by atoms with Crippen LogP contribution in [0, 0.1) is 0 Å². The molecule has 0 heterocycles. The molecule has 0 spiro atoms. The number of rotatable bonds is 10. The topological polar surface area (TPSA) is 84.9 Å². The molecule has 0 saturated carbocycles. The van der Waals surface area contributed by atoms with Crippen LogP contribution >= 0.6 is 11.6 Å². The highest BCUT2D eigenvalue weighted by Gasteiger charge is 2.08. The Kier molecular flexibility index (Phi) is 7.95. The number of hydrogen-bond donors (Lipinski definition) is 2. The number of carboxylic acids is 1. The Morgan fingerprint density at radius 2 is 1.89 bits per heavy atom. The van der Waals surface area contributed by atoms with Gasteiger partial charge in [0, 0.05) is 18.0 Å². The van der Waals surface area contributed by atoms with E-state index in [0.29, 0.717) is 36.1 Å². The zero-order chi connectivity index (χ0) is 19.6. The van der Waals surface area contributed by atoms with E-state index in [2.05, 4.69) is 5.32 Å². The summed E-state index contributed by atoms with van der Waals surface area (Å²) in [4.78, 5) is 22.0. The van der Waals surface area contributed by atoms with Gasteiger partial charge < -0.3 is 19.9 Å². The van der Waals surface area contributed by atoms with Gasteiger partial charge in [0.15, 0.2) is 11.5 Å². The minimum absolute atomic E-state index is 0.0189. The molecule has 0 radical (unpaired) electrons. The number of amides is 1. The second-order valence-corrected chi connectivity index (χ2v) is 6.33. The van der Waals surface area contributed by atoms with Crippen LogP contribution in [0.15, 0.2) is 42.5 Å². The number of hydrogen-bond acceptors (Lipinski definition) is 4. The van der Waals surface area contributed by atoms with Gasteiger partial charge in [0.2, 0.25) is 5.91 Å². The van der Waals surface area contributed by atoms with Crippen molar-refractivity contribution in [2.24, 2.45) is 0 Å². The Morgan fingerprint density at radius 1 is 1.07 bits per heavy atom. The SMILES string of the molecule is COc1cc(CCNC(=O)CCC(=O)O)ccc1OCc1cccc(Cl)c1. The Bertz CT molecular complexity index is 794. The number of benzene rings is 2. The third kappa shape index (κ3) is 7.19. The molecular weight excluding hydrogens is 370 g/mol. The molecule has 0 unspecified atom stereocenters. The van der Waals surface area contributed by atoms with E-state index in [9.17, 15) is 9.59 Å². The van der Waals surface area contributed by atoms with Crippen LogP contribution in [-0.4, -0.2) is 30.6 Å². The highest BCUT2D eigenvalue weighted by molar-refractivity contribution is 6.30. The van der Waals surface area contributed by atoms with Crippen LogP contribution in [0.25, 0.3) is 0 Å². The number of halogens is 1. The van der Waals surface area contributed by atoms with Crippen LogP contribution in [0.4, 0.5) is 0 Å². The van der Waals surface area contributed by atoms with Crippen molar-refractivity contribution in [1.29, 1.82) is 0 Å². The molecule has 0 bridgehead atoms. The maximum Gasteiger partial charge on any atom is 0.303 e. The summed E-state index contributed by atoms with van der Waals surface area (Å²) in [5, 5.41) is 11.9. The Morgan fingerprint density at radius 3 is 2.59 bits per heavy atom. The molecule has 0 saturated heterocycles. The number of nitrogens with one attached hydrogen (secondary N) is 1. The molecular formula is C20H22ClNO5. The Hall–Kier alpha value is -2.73. The van der Waals surface area contributed by atoms with Crippen molar-refractivity contribution >= 4 is 23.5 Å². The zero-order valence-electron chi connectivity index (χ0n) is 15.0. The molecule has 2 aromatic rings. The first-order valence-corrected chi connectivity index (χ1v) is 8.88. The van der Waals surface area contributed by atoms with Crippen molar-refractivity contribution in [3.63, 3.8) is 0 Å².